The number of anilines is 1. The van der Waals surface area contributed by atoms with Gasteiger partial charge in [0.15, 0.2) is 0 Å². The van der Waals surface area contributed by atoms with Crippen LogP contribution in [0.3, 0.4) is 0 Å². The highest BCUT2D eigenvalue weighted by Gasteiger charge is 2.19. The van der Waals surface area contributed by atoms with Crippen molar-refractivity contribution in [2.45, 2.75) is 6.92 Å². The summed E-state index contributed by atoms with van der Waals surface area (Å²) in [5.74, 6) is -1.18. The van der Waals surface area contributed by atoms with Gasteiger partial charge in [0.05, 0.1) is 11.3 Å². The second-order valence-corrected chi connectivity index (χ2v) is 3.53. The van der Waals surface area contributed by atoms with E-state index in [0.717, 1.165) is 4.57 Å². The molecule has 1 heterocycles. The van der Waals surface area contributed by atoms with E-state index in [4.69, 9.17) is 5.11 Å². The van der Waals surface area contributed by atoms with E-state index in [1.54, 1.807) is 14.1 Å². The second-order valence-electron chi connectivity index (χ2n) is 3.53. The van der Waals surface area contributed by atoms with Gasteiger partial charge in [0, 0.05) is 25.9 Å². The van der Waals surface area contributed by atoms with Gasteiger partial charge >= 0.3 is 5.97 Å². The molecule has 0 unspecified atom stereocenters. The Bertz CT molecular complexity index is 502. The quantitative estimate of drug-likeness (QED) is 0.729. The zero-order valence-corrected chi connectivity index (χ0v) is 9.22. The molecule has 0 radical (unpaired) electrons. The van der Waals surface area contributed by atoms with E-state index in [9.17, 15) is 14.4 Å². The maximum absolute atomic E-state index is 11.5. The summed E-state index contributed by atoms with van der Waals surface area (Å²) in [5.41, 5.74) is -0.325. The molecule has 0 aliphatic rings. The highest BCUT2D eigenvalue weighted by molar-refractivity contribution is 5.96. The fraction of sp³-hybridized carbons (Fsp3) is 0.300. The van der Waals surface area contributed by atoms with E-state index >= 15 is 0 Å². The van der Waals surface area contributed by atoms with Gasteiger partial charge in [-0.3, -0.25) is 14.2 Å². The number of carbonyl (C=O) groups is 2. The first-order chi connectivity index (χ1) is 7.40. The molecule has 0 aliphatic carbocycles. The van der Waals surface area contributed by atoms with Gasteiger partial charge < -0.3 is 10.0 Å². The maximum Gasteiger partial charge on any atom is 0.338 e. The van der Waals surface area contributed by atoms with Crippen LogP contribution in [0.5, 0.6) is 0 Å². The number of carbonyl (C=O) groups excluding carboxylic acids is 1. The van der Waals surface area contributed by atoms with Gasteiger partial charge in [0.1, 0.15) is 0 Å². The molecule has 16 heavy (non-hydrogen) atoms. The molecule has 0 bridgehead atoms. The lowest BCUT2D eigenvalue weighted by atomic mass is 10.1. The summed E-state index contributed by atoms with van der Waals surface area (Å²) in [4.78, 5) is 34.8. The number of carboxylic acids is 1. The van der Waals surface area contributed by atoms with Crippen molar-refractivity contribution in [3.63, 3.8) is 0 Å². The average Bonchev–Trinajstić information content (AvgIpc) is 2.20. The van der Waals surface area contributed by atoms with Gasteiger partial charge in [0.25, 0.3) is 5.56 Å². The third-order valence-electron chi connectivity index (χ3n) is 2.26. The molecule has 6 heteroatoms. The van der Waals surface area contributed by atoms with E-state index in [1.165, 1.54) is 18.0 Å². The van der Waals surface area contributed by atoms with E-state index in [2.05, 4.69) is 0 Å². The van der Waals surface area contributed by atoms with Crippen molar-refractivity contribution < 1.29 is 14.7 Å². The minimum atomic E-state index is -1.18. The van der Waals surface area contributed by atoms with Crippen LogP contribution in [0, 0.1) is 6.92 Å². The number of hydrogen-bond donors (Lipinski definition) is 1. The Hall–Kier alpha value is -2.11. The Balaban J connectivity index is 3.72. The van der Waals surface area contributed by atoms with Crippen LogP contribution in [0.2, 0.25) is 0 Å². The number of aromatic carboxylic acids is 1. The van der Waals surface area contributed by atoms with Gasteiger partial charge in [-0.15, -0.1) is 0 Å². The molecular formula is C10H12N2O4. The minimum Gasteiger partial charge on any atom is -0.478 e. The fourth-order valence-corrected chi connectivity index (χ4v) is 1.43. The van der Waals surface area contributed by atoms with Crippen LogP contribution < -0.4 is 10.5 Å². The SMILES string of the molecule is Cc1c(C(=O)O)c(N(C)C)cn(C=O)c1=O. The Morgan fingerprint density at radius 1 is 1.50 bits per heavy atom. The van der Waals surface area contributed by atoms with Crippen molar-refractivity contribution in [1.29, 1.82) is 0 Å². The molecule has 0 amide bonds. The number of hydrogen-bond acceptors (Lipinski definition) is 4. The lowest BCUT2D eigenvalue weighted by Crippen LogP contribution is -2.27. The Kier molecular flexibility index (Phi) is 3.12. The number of rotatable bonds is 3. The molecule has 1 aromatic rings. The van der Waals surface area contributed by atoms with Crippen molar-refractivity contribution in [1.82, 2.24) is 4.57 Å². The summed E-state index contributed by atoms with van der Waals surface area (Å²) in [6.07, 6.45) is 1.57. The van der Waals surface area contributed by atoms with Gasteiger partial charge in [0.2, 0.25) is 6.41 Å². The normalized spacial score (nSPS) is 9.94. The number of aromatic nitrogens is 1. The van der Waals surface area contributed by atoms with Crippen molar-refractivity contribution in [2.75, 3.05) is 19.0 Å². The molecule has 1 rings (SSSR count). The predicted octanol–water partition coefficient (Wildman–Crippen LogP) is -0.0408. The van der Waals surface area contributed by atoms with E-state index < -0.39 is 11.5 Å². The number of nitrogens with zero attached hydrogens (tertiary/aromatic N) is 2. The standard InChI is InChI=1S/C10H12N2O4/c1-6-8(10(15)16)7(11(2)3)4-12(5-13)9(6)14/h4-5H,1-3H3,(H,15,16). The average molecular weight is 224 g/mol. The van der Waals surface area contributed by atoms with E-state index in [1.807, 2.05) is 0 Å². The first-order valence-corrected chi connectivity index (χ1v) is 4.51. The van der Waals surface area contributed by atoms with Gasteiger partial charge in [-0.1, -0.05) is 0 Å². The fourth-order valence-electron chi connectivity index (χ4n) is 1.43. The lowest BCUT2D eigenvalue weighted by molar-refractivity contribution is 0.0696. The summed E-state index contributed by atoms with van der Waals surface area (Å²) in [7, 11) is 3.28. The molecule has 86 valence electrons. The third-order valence-corrected chi connectivity index (χ3v) is 2.26. The predicted molar refractivity (Wildman–Crippen MR) is 58.9 cm³/mol. The second kappa shape index (κ2) is 4.18. The van der Waals surface area contributed by atoms with Crippen LogP contribution in [0.25, 0.3) is 0 Å². The van der Waals surface area contributed by atoms with Crippen molar-refractivity contribution in [2.24, 2.45) is 0 Å². The van der Waals surface area contributed by atoms with Crippen molar-refractivity contribution in [3.05, 3.63) is 27.7 Å². The van der Waals surface area contributed by atoms with Crippen LogP contribution in [0.15, 0.2) is 11.0 Å². The van der Waals surface area contributed by atoms with Gasteiger partial charge in [-0.25, -0.2) is 4.79 Å². The summed E-state index contributed by atoms with van der Waals surface area (Å²) in [6.45, 7) is 1.39. The summed E-state index contributed by atoms with van der Waals surface area (Å²) in [5, 5.41) is 9.02. The zero-order valence-electron chi connectivity index (χ0n) is 9.22. The van der Waals surface area contributed by atoms with Crippen LogP contribution >= 0.6 is 0 Å². The molecule has 0 atom stereocenters. The summed E-state index contributed by atoms with van der Waals surface area (Å²) in [6, 6.07) is 0. The Morgan fingerprint density at radius 3 is 2.44 bits per heavy atom. The van der Waals surface area contributed by atoms with Crippen LogP contribution in [0.1, 0.15) is 15.9 Å². The maximum atomic E-state index is 11.5. The first-order valence-electron chi connectivity index (χ1n) is 4.51. The Labute approximate surface area is 91.7 Å². The summed E-state index contributed by atoms with van der Waals surface area (Å²) < 4.78 is 0.830. The van der Waals surface area contributed by atoms with Crippen molar-refractivity contribution in [3.8, 4) is 0 Å². The highest BCUT2D eigenvalue weighted by atomic mass is 16.4. The number of pyridine rings is 1. The summed E-state index contributed by atoms with van der Waals surface area (Å²) >= 11 is 0. The smallest absolute Gasteiger partial charge is 0.338 e. The van der Waals surface area contributed by atoms with Gasteiger partial charge in [-0.2, -0.15) is 0 Å². The molecule has 0 aliphatic heterocycles. The van der Waals surface area contributed by atoms with Crippen LogP contribution in [-0.4, -0.2) is 36.1 Å². The molecule has 0 saturated carbocycles. The topological polar surface area (TPSA) is 79.6 Å². The molecule has 6 nitrogen and oxygen atoms in total. The van der Waals surface area contributed by atoms with Gasteiger partial charge in [-0.05, 0) is 6.92 Å². The van der Waals surface area contributed by atoms with E-state index in [0.29, 0.717) is 12.1 Å². The molecule has 1 aromatic heterocycles. The number of carboxylic acid groups (broad SMARTS) is 1. The van der Waals surface area contributed by atoms with Crippen LogP contribution in [-0.2, 0) is 4.79 Å². The molecular weight excluding hydrogens is 212 g/mol. The molecule has 0 aromatic carbocycles. The molecule has 0 saturated heterocycles. The Morgan fingerprint density at radius 2 is 2.06 bits per heavy atom. The monoisotopic (exact) mass is 224 g/mol. The first kappa shape index (κ1) is 12.0. The molecule has 0 spiro atoms. The largest absolute Gasteiger partial charge is 0.478 e. The lowest BCUT2D eigenvalue weighted by Gasteiger charge is -2.17. The molecule has 0 fully saturated rings. The van der Waals surface area contributed by atoms with Crippen molar-refractivity contribution >= 4 is 18.1 Å². The minimum absolute atomic E-state index is 0.0470. The van der Waals surface area contributed by atoms with E-state index in [-0.39, 0.29) is 11.1 Å². The highest BCUT2D eigenvalue weighted by Crippen LogP contribution is 2.18. The molecule has 1 N–H and O–H groups in total. The zero-order chi connectivity index (χ0) is 12.5. The van der Waals surface area contributed by atoms with Crippen LogP contribution in [0.4, 0.5) is 5.69 Å². The third kappa shape index (κ3) is 1.81.